The third kappa shape index (κ3) is 8.41. The van der Waals surface area contributed by atoms with Crippen molar-refractivity contribution in [3.8, 4) is 23.0 Å². The van der Waals surface area contributed by atoms with Crippen LogP contribution in [-0.4, -0.2) is 46.0 Å². The van der Waals surface area contributed by atoms with Crippen molar-refractivity contribution in [3.05, 3.63) is 65.3 Å². The number of hydrogen-bond donors (Lipinski definition) is 1. The highest BCUT2D eigenvalue weighted by Gasteiger charge is 2.19. The molecule has 1 N–H and O–H groups in total. The number of methoxy groups -OCH3 is 4. The Hall–Kier alpha value is -3.94. The van der Waals surface area contributed by atoms with Gasteiger partial charge in [0.15, 0.2) is 23.0 Å². The van der Waals surface area contributed by atoms with Crippen LogP contribution in [0.1, 0.15) is 31.9 Å². The number of hydrogen-bond acceptors (Lipinski definition) is 7. The fraction of sp³-hybridized carbons (Fsp3) is 0.333. The molecule has 0 heterocycles. The average molecular weight is 484 g/mol. The fourth-order valence-electron chi connectivity index (χ4n) is 3.11. The first kappa shape index (κ1) is 27.3. The zero-order valence-electron chi connectivity index (χ0n) is 21.3. The first-order valence-corrected chi connectivity index (χ1v) is 11.0. The Morgan fingerprint density at radius 1 is 0.829 bits per heavy atom. The van der Waals surface area contributed by atoms with E-state index in [9.17, 15) is 9.59 Å². The molecule has 35 heavy (non-hydrogen) atoms. The van der Waals surface area contributed by atoms with Crippen molar-refractivity contribution in [1.29, 1.82) is 0 Å². The summed E-state index contributed by atoms with van der Waals surface area (Å²) in [5.74, 6) is 1.72. The minimum atomic E-state index is -0.825. The van der Waals surface area contributed by atoms with Crippen molar-refractivity contribution in [1.82, 2.24) is 5.32 Å². The van der Waals surface area contributed by atoms with Crippen LogP contribution in [0.25, 0.3) is 6.08 Å². The zero-order valence-corrected chi connectivity index (χ0v) is 21.3. The molecular weight excluding hydrogens is 450 g/mol. The molecule has 0 aliphatic rings. The van der Waals surface area contributed by atoms with E-state index >= 15 is 0 Å². The van der Waals surface area contributed by atoms with Crippen molar-refractivity contribution in [2.24, 2.45) is 0 Å². The highest BCUT2D eigenvalue weighted by Crippen LogP contribution is 2.29. The van der Waals surface area contributed by atoms with Gasteiger partial charge in [0.25, 0.3) is 5.91 Å². The van der Waals surface area contributed by atoms with E-state index in [2.05, 4.69) is 5.32 Å². The predicted molar refractivity (Wildman–Crippen MR) is 134 cm³/mol. The minimum absolute atomic E-state index is 0.253. The molecule has 0 spiro atoms. The first-order valence-electron chi connectivity index (χ1n) is 11.0. The third-order valence-corrected chi connectivity index (χ3v) is 4.71. The maximum absolute atomic E-state index is 12.9. The summed E-state index contributed by atoms with van der Waals surface area (Å²) < 4.78 is 26.5. The third-order valence-electron chi connectivity index (χ3n) is 4.71. The van der Waals surface area contributed by atoms with Crippen LogP contribution in [0.4, 0.5) is 4.79 Å². The van der Waals surface area contributed by atoms with Gasteiger partial charge in [-0.05, 0) is 68.7 Å². The molecule has 2 aromatic carbocycles. The van der Waals surface area contributed by atoms with Crippen molar-refractivity contribution in [2.45, 2.75) is 32.8 Å². The van der Waals surface area contributed by atoms with Crippen LogP contribution in [0, 0.1) is 0 Å². The second-order valence-corrected chi connectivity index (χ2v) is 8.47. The van der Waals surface area contributed by atoms with E-state index in [0.29, 0.717) is 35.0 Å². The molecule has 0 aliphatic carbocycles. The molecule has 2 rings (SSSR count). The summed E-state index contributed by atoms with van der Waals surface area (Å²) in [7, 11) is 6.23. The normalized spacial score (nSPS) is 11.7. The quantitative estimate of drug-likeness (QED) is 0.398. The molecule has 0 aromatic heterocycles. The number of rotatable bonds is 9. The summed E-state index contributed by atoms with van der Waals surface area (Å²) in [6.45, 7) is 5.17. The number of benzene rings is 2. The van der Waals surface area contributed by atoms with Crippen LogP contribution >= 0.6 is 0 Å². The fourth-order valence-corrected chi connectivity index (χ4v) is 3.11. The Bertz CT molecular complexity index is 1100. The Morgan fingerprint density at radius 2 is 1.40 bits per heavy atom. The summed E-state index contributed by atoms with van der Waals surface area (Å²) in [5, 5.41) is 2.28. The molecule has 0 bridgehead atoms. The first-order chi connectivity index (χ1) is 16.6. The summed E-state index contributed by atoms with van der Waals surface area (Å²) in [6.07, 6.45) is 4.81. The van der Waals surface area contributed by atoms with Gasteiger partial charge in [0.2, 0.25) is 0 Å². The van der Waals surface area contributed by atoms with Gasteiger partial charge in [-0.25, -0.2) is 4.79 Å². The molecule has 0 saturated heterocycles. The van der Waals surface area contributed by atoms with E-state index in [0.717, 1.165) is 5.56 Å². The Morgan fingerprint density at radius 3 is 1.97 bits per heavy atom. The van der Waals surface area contributed by atoms with E-state index in [1.165, 1.54) is 7.11 Å². The van der Waals surface area contributed by atoms with Crippen LogP contribution in [-0.2, 0) is 16.0 Å². The lowest BCUT2D eigenvalue weighted by molar-refractivity contribution is -0.116. The number of alkyl carbamates (subject to hydrolysis) is 1. The van der Waals surface area contributed by atoms with Crippen molar-refractivity contribution in [2.75, 3.05) is 28.4 Å². The van der Waals surface area contributed by atoms with Gasteiger partial charge in [0, 0.05) is 5.57 Å². The minimum Gasteiger partial charge on any atom is -0.493 e. The monoisotopic (exact) mass is 483 g/mol. The Kier molecular flexibility index (Phi) is 9.75. The van der Waals surface area contributed by atoms with Gasteiger partial charge in [-0.2, -0.15) is 0 Å². The molecule has 0 unspecified atom stereocenters. The van der Waals surface area contributed by atoms with Gasteiger partial charge < -0.3 is 23.7 Å². The van der Waals surface area contributed by atoms with Gasteiger partial charge in [0.1, 0.15) is 5.60 Å². The van der Waals surface area contributed by atoms with E-state index in [-0.39, 0.29) is 5.57 Å². The maximum atomic E-state index is 12.9. The molecule has 2 aromatic rings. The van der Waals surface area contributed by atoms with E-state index in [4.69, 9.17) is 23.7 Å². The highest BCUT2D eigenvalue weighted by molar-refractivity contribution is 6.07. The standard InChI is InChI=1S/C27H33NO7/c1-27(2,3)35-26(30)28-25(29)20(15-19-12-14-22(32-5)24(17-19)34-7)10-8-9-18-11-13-21(31-4)23(16-18)33-6/h8,10-17H,9H2,1-7H3,(H,28,29,30)/b10-8+,20-15-. The smallest absolute Gasteiger partial charge is 0.414 e. The number of ether oxygens (including phenoxy) is 5. The number of carbonyl (C=O) groups excluding carboxylic acids is 2. The molecule has 0 fully saturated rings. The topological polar surface area (TPSA) is 92.3 Å². The van der Waals surface area contributed by atoms with E-state index < -0.39 is 17.6 Å². The number of carbonyl (C=O) groups is 2. The Labute approximate surface area is 206 Å². The summed E-state index contributed by atoms with van der Waals surface area (Å²) in [5.41, 5.74) is 1.16. The van der Waals surface area contributed by atoms with Crippen molar-refractivity contribution in [3.63, 3.8) is 0 Å². The molecule has 8 nitrogen and oxygen atoms in total. The number of nitrogens with one attached hydrogen (secondary N) is 1. The van der Waals surface area contributed by atoms with Crippen molar-refractivity contribution >= 4 is 18.1 Å². The molecule has 0 saturated carbocycles. The molecule has 0 atom stereocenters. The van der Waals surface area contributed by atoms with Crippen LogP contribution in [0.3, 0.4) is 0 Å². The molecular formula is C27H33NO7. The van der Waals surface area contributed by atoms with Crippen molar-refractivity contribution < 1.29 is 33.3 Å². The average Bonchev–Trinajstić information content (AvgIpc) is 2.81. The molecule has 0 aliphatic heterocycles. The lowest BCUT2D eigenvalue weighted by Crippen LogP contribution is -2.36. The predicted octanol–water partition coefficient (Wildman–Crippen LogP) is 4.95. The van der Waals surface area contributed by atoms with Crippen LogP contribution in [0.2, 0.25) is 0 Å². The lowest BCUT2D eigenvalue weighted by atomic mass is 10.1. The lowest BCUT2D eigenvalue weighted by Gasteiger charge is -2.19. The van der Waals surface area contributed by atoms with Crippen LogP contribution < -0.4 is 24.3 Å². The largest absolute Gasteiger partial charge is 0.493 e. The molecule has 8 heteroatoms. The van der Waals surface area contributed by atoms with Crippen LogP contribution in [0.15, 0.2) is 54.1 Å². The van der Waals surface area contributed by atoms with Crippen LogP contribution in [0.5, 0.6) is 23.0 Å². The van der Waals surface area contributed by atoms with Gasteiger partial charge in [-0.15, -0.1) is 0 Å². The number of allylic oxidation sites excluding steroid dienone is 1. The second-order valence-electron chi connectivity index (χ2n) is 8.47. The molecule has 0 radical (unpaired) electrons. The van der Waals surface area contributed by atoms with E-state index in [1.54, 1.807) is 72.5 Å². The summed E-state index contributed by atoms with van der Waals surface area (Å²) >= 11 is 0. The zero-order chi connectivity index (χ0) is 26.0. The van der Waals surface area contributed by atoms with Gasteiger partial charge in [-0.1, -0.05) is 24.3 Å². The molecule has 188 valence electrons. The van der Waals surface area contributed by atoms with E-state index in [1.807, 2.05) is 24.3 Å². The van der Waals surface area contributed by atoms with Gasteiger partial charge in [0.05, 0.1) is 28.4 Å². The van der Waals surface area contributed by atoms with Gasteiger partial charge in [-0.3, -0.25) is 10.1 Å². The molecule has 2 amide bonds. The second kappa shape index (κ2) is 12.5. The SMILES string of the molecule is COc1ccc(/C=C(/C=C/Cc2ccc(OC)c(OC)c2)C(=O)NC(=O)OC(C)(C)C)cc1OC. The number of amides is 2. The summed E-state index contributed by atoms with van der Waals surface area (Å²) in [4.78, 5) is 25.1. The van der Waals surface area contributed by atoms with Gasteiger partial charge >= 0.3 is 6.09 Å². The number of imide groups is 1. The maximum Gasteiger partial charge on any atom is 0.414 e. The Balaban J connectivity index is 2.33. The summed E-state index contributed by atoms with van der Waals surface area (Å²) in [6, 6.07) is 10.8. The highest BCUT2D eigenvalue weighted by atomic mass is 16.6.